The van der Waals surface area contributed by atoms with Gasteiger partial charge in [0.25, 0.3) is 5.91 Å². The predicted molar refractivity (Wildman–Crippen MR) is 127 cm³/mol. The molecule has 170 valence electrons. The molecule has 1 fully saturated rings. The SMILES string of the molecule is O=C(COC(=O)c1c2c(nc3ccccc13)/C(=C\c1ccco1)CC2)NCC1CCCCC1. The van der Waals surface area contributed by atoms with Gasteiger partial charge in [0.05, 0.1) is 23.0 Å². The number of para-hydroxylation sites is 1. The van der Waals surface area contributed by atoms with E-state index in [1.807, 2.05) is 42.5 Å². The van der Waals surface area contributed by atoms with Gasteiger partial charge >= 0.3 is 5.97 Å². The van der Waals surface area contributed by atoms with Gasteiger partial charge in [-0.3, -0.25) is 4.79 Å². The first-order valence-electron chi connectivity index (χ1n) is 11.8. The fourth-order valence-corrected chi connectivity index (χ4v) is 4.96. The highest BCUT2D eigenvalue weighted by atomic mass is 16.5. The molecule has 2 aromatic heterocycles. The number of aromatic nitrogens is 1. The molecule has 1 N–H and O–H groups in total. The fraction of sp³-hybridized carbons (Fsp3) is 0.370. The van der Waals surface area contributed by atoms with Crippen LogP contribution in [0.4, 0.5) is 0 Å². The van der Waals surface area contributed by atoms with Gasteiger partial charge in [-0.25, -0.2) is 9.78 Å². The largest absolute Gasteiger partial charge is 0.465 e. The van der Waals surface area contributed by atoms with Crippen LogP contribution in [0.3, 0.4) is 0 Å². The number of rotatable bonds is 6. The third kappa shape index (κ3) is 4.70. The Labute approximate surface area is 193 Å². The van der Waals surface area contributed by atoms with Crippen LogP contribution in [-0.2, 0) is 16.0 Å². The summed E-state index contributed by atoms with van der Waals surface area (Å²) < 4.78 is 11.0. The van der Waals surface area contributed by atoms with E-state index in [-0.39, 0.29) is 12.5 Å². The molecular formula is C27H28N2O4. The Morgan fingerprint density at radius 2 is 1.94 bits per heavy atom. The van der Waals surface area contributed by atoms with E-state index < -0.39 is 5.97 Å². The number of nitrogens with zero attached hydrogens (tertiary/aromatic N) is 1. The van der Waals surface area contributed by atoms with Crippen molar-refractivity contribution in [1.82, 2.24) is 10.3 Å². The zero-order chi connectivity index (χ0) is 22.6. The number of hydrogen-bond donors (Lipinski definition) is 1. The zero-order valence-corrected chi connectivity index (χ0v) is 18.6. The van der Waals surface area contributed by atoms with Crippen molar-refractivity contribution in [2.24, 2.45) is 5.92 Å². The monoisotopic (exact) mass is 444 g/mol. The molecule has 0 unspecified atom stereocenters. The zero-order valence-electron chi connectivity index (χ0n) is 18.6. The van der Waals surface area contributed by atoms with Crippen molar-refractivity contribution < 1.29 is 18.7 Å². The Morgan fingerprint density at radius 3 is 2.76 bits per heavy atom. The maximum absolute atomic E-state index is 13.2. The minimum Gasteiger partial charge on any atom is -0.465 e. The van der Waals surface area contributed by atoms with E-state index in [2.05, 4.69) is 5.32 Å². The highest BCUT2D eigenvalue weighted by molar-refractivity contribution is 6.07. The van der Waals surface area contributed by atoms with Crippen molar-refractivity contribution in [3.05, 3.63) is 65.2 Å². The van der Waals surface area contributed by atoms with Crippen LogP contribution in [0.2, 0.25) is 0 Å². The number of esters is 1. The van der Waals surface area contributed by atoms with Gasteiger partial charge in [-0.1, -0.05) is 37.5 Å². The van der Waals surface area contributed by atoms with E-state index in [0.717, 1.165) is 52.8 Å². The van der Waals surface area contributed by atoms with Gasteiger partial charge in [0.2, 0.25) is 0 Å². The van der Waals surface area contributed by atoms with Gasteiger partial charge in [0, 0.05) is 11.9 Å². The minimum atomic E-state index is -0.475. The summed E-state index contributed by atoms with van der Waals surface area (Å²) in [5, 5.41) is 3.69. The second-order valence-corrected chi connectivity index (χ2v) is 8.90. The molecule has 1 saturated carbocycles. The molecule has 0 atom stereocenters. The first-order chi connectivity index (χ1) is 16.2. The Bertz CT molecular complexity index is 1190. The molecule has 6 nitrogen and oxygen atoms in total. The lowest BCUT2D eigenvalue weighted by Crippen LogP contribution is -2.33. The summed E-state index contributed by atoms with van der Waals surface area (Å²) in [5.74, 6) is 0.566. The van der Waals surface area contributed by atoms with Crippen molar-refractivity contribution in [1.29, 1.82) is 0 Å². The van der Waals surface area contributed by atoms with Crippen LogP contribution in [-0.4, -0.2) is 30.0 Å². The molecule has 5 rings (SSSR count). The van der Waals surface area contributed by atoms with Crippen LogP contribution in [0.5, 0.6) is 0 Å². The molecule has 6 heteroatoms. The number of hydrogen-bond acceptors (Lipinski definition) is 5. The number of pyridine rings is 1. The topological polar surface area (TPSA) is 81.4 Å². The summed E-state index contributed by atoms with van der Waals surface area (Å²) in [6.45, 7) is 0.386. The van der Waals surface area contributed by atoms with Crippen LogP contribution >= 0.6 is 0 Å². The Kier molecular flexibility index (Phi) is 6.24. The van der Waals surface area contributed by atoms with Crippen LogP contribution in [0.25, 0.3) is 22.6 Å². The quantitative estimate of drug-likeness (QED) is 0.531. The van der Waals surface area contributed by atoms with Gasteiger partial charge in [-0.15, -0.1) is 0 Å². The summed E-state index contributed by atoms with van der Waals surface area (Å²) in [7, 11) is 0. The number of benzene rings is 1. The molecule has 3 aromatic rings. The molecule has 0 aliphatic heterocycles. The van der Waals surface area contributed by atoms with Crippen molar-refractivity contribution in [3.8, 4) is 0 Å². The van der Waals surface area contributed by atoms with Gasteiger partial charge in [0.1, 0.15) is 5.76 Å². The number of fused-ring (bicyclic) bond motifs is 2. The average molecular weight is 445 g/mol. The minimum absolute atomic E-state index is 0.248. The van der Waals surface area contributed by atoms with E-state index >= 15 is 0 Å². The summed E-state index contributed by atoms with van der Waals surface area (Å²) in [5.41, 5.74) is 3.96. The van der Waals surface area contributed by atoms with E-state index in [4.69, 9.17) is 14.1 Å². The molecule has 0 spiro atoms. The summed E-state index contributed by atoms with van der Waals surface area (Å²) >= 11 is 0. The number of carbonyl (C=O) groups is 2. The fourth-order valence-electron chi connectivity index (χ4n) is 4.96. The Hall–Kier alpha value is -3.41. The first-order valence-corrected chi connectivity index (χ1v) is 11.8. The normalized spacial score (nSPS) is 17.3. The molecule has 0 radical (unpaired) electrons. The number of nitrogens with one attached hydrogen (secondary N) is 1. The Morgan fingerprint density at radius 1 is 1.09 bits per heavy atom. The van der Waals surface area contributed by atoms with E-state index in [9.17, 15) is 9.59 Å². The van der Waals surface area contributed by atoms with Crippen molar-refractivity contribution in [3.63, 3.8) is 0 Å². The third-order valence-electron chi connectivity index (χ3n) is 6.65. The summed E-state index contributed by atoms with van der Waals surface area (Å²) in [6.07, 6.45) is 11.1. The lowest BCUT2D eigenvalue weighted by molar-refractivity contribution is -0.124. The maximum atomic E-state index is 13.2. The van der Waals surface area contributed by atoms with Gasteiger partial charge in [-0.05, 0) is 67.0 Å². The number of furan rings is 1. The molecule has 0 bridgehead atoms. The number of carbonyl (C=O) groups excluding carboxylic acids is 2. The third-order valence-corrected chi connectivity index (χ3v) is 6.65. The average Bonchev–Trinajstić information content (AvgIpc) is 3.51. The molecule has 2 aliphatic carbocycles. The van der Waals surface area contributed by atoms with Gasteiger partial charge in [0.15, 0.2) is 6.61 Å². The number of amides is 1. The van der Waals surface area contributed by atoms with Crippen LogP contribution in [0.15, 0.2) is 47.1 Å². The molecular weight excluding hydrogens is 416 g/mol. The molecule has 33 heavy (non-hydrogen) atoms. The predicted octanol–water partition coefficient (Wildman–Crippen LogP) is 5.17. The molecule has 1 amide bonds. The van der Waals surface area contributed by atoms with Crippen molar-refractivity contribution >= 4 is 34.4 Å². The van der Waals surface area contributed by atoms with E-state index in [1.165, 1.54) is 19.3 Å². The molecule has 2 aliphatic rings. The van der Waals surface area contributed by atoms with E-state index in [1.54, 1.807) is 6.26 Å². The highest BCUT2D eigenvalue weighted by Gasteiger charge is 2.28. The van der Waals surface area contributed by atoms with Crippen LogP contribution in [0, 0.1) is 5.92 Å². The van der Waals surface area contributed by atoms with E-state index in [0.29, 0.717) is 24.4 Å². The standard InChI is InChI=1S/C27H28N2O4/c30-24(28-16-18-7-2-1-3-8-18)17-33-27(31)25-21-10-4-5-11-23(21)29-26-19(12-13-22(25)26)15-20-9-6-14-32-20/h4-6,9-11,14-15,18H,1-3,7-8,12-13,16-17H2,(H,28,30)/b19-15-. The number of ether oxygens (including phenoxy) is 1. The molecule has 2 heterocycles. The smallest absolute Gasteiger partial charge is 0.339 e. The second-order valence-electron chi connectivity index (χ2n) is 8.90. The lowest BCUT2D eigenvalue weighted by Gasteiger charge is -2.21. The van der Waals surface area contributed by atoms with Crippen LogP contribution < -0.4 is 5.32 Å². The summed E-state index contributed by atoms with van der Waals surface area (Å²) in [6, 6.07) is 11.3. The van der Waals surface area contributed by atoms with Gasteiger partial charge < -0.3 is 14.5 Å². The van der Waals surface area contributed by atoms with Crippen molar-refractivity contribution in [2.75, 3.05) is 13.2 Å². The summed E-state index contributed by atoms with van der Waals surface area (Å²) in [4.78, 5) is 30.4. The van der Waals surface area contributed by atoms with Crippen LogP contribution in [0.1, 0.15) is 65.9 Å². The Balaban J connectivity index is 1.35. The molecule has 1 aromatic carbocycles. The molecule has 0 saturated heterocycles. The first kappa shape index (κ1) is 21.4. The highest BCUT2D eigenvalue weighted by Crippen LogP contribution is 2.37. The maximum Gasteiger partial charge on any atom is 0.339 e. The van der Waals surface area contributed by atoms with Gasteiger partial charge in [-0.2, -0.15) is 0 Å². The van der Waals surface area contributed by atoms with Crippen molar-refractivity contribution in [2.45, 2.75) is 44.9 Å². The number of allylic oxidation sites excluding steroid dienone is 1. The second kappa shape index (κ2) is 9.61. The lowest BCUT2D eigenvalue weighted by atomic mass is 9.89.